The quantitative estimate of drug-likeness (QED) is 0.777. The van der Waals surface area contributed by atoms with Crippen LogP contribution in [0.5, 0.6) is 5.75 Å². The van der Waals surface area contributed by atoms with Gasteiger partial charge < -0.3 is 15.0 Å². The van der Waals surface area contributed by atoms with Crippen molar-refractivity contribution in [1.82, 2.24) is 10.2 Å². The molecule has 1 aliphatic heterocycles. The maximum Gasteiger partial charge on any atom is 0.254 e. The summed E-state index contributed by atoms with van der Waals surface area (Å²) in [5.41, 5.74) is 1.23. The second-order valence-corrected chi connectivity index (χ2v) is 7.00. The van der Waals surface area contributed by atoms with Gasteiger partial charge in [-0.25, -0.2) is 0 Å². The third kappa shape index (κ3) is 4.83. The molecule has 0 aliphatic carbocycles. The van der Waals surface area contributed by atoms with Gasteiger partial charge in [-0.3, -0.25) is 9.59 Å². The van der Waals surface area contributed by atoms with E-state index in [4.69, 9.17) is 4.74 Å². The Bertz CT molecular complexity index is 799. The van der Waals surface area contributed by atoms with Crippen molar-refractivity contribution in [3.63, 3.8) is 0 Å². The lowest BCUT2D eigenvalue weighted by Crippen LogP contribution is -2.46. The van der Waals surface area contributed by atoms with Crippen molar-refractivity contribution in [2.75, 3.05) is 19.7 Å². The molecule has 0 radical (unpaired) electrons. The van der Waals surface area contributed by atoms with Gasteiger partial charge in [0.1, 0.15) is 5.75 Å². The molecule has 0 saturated carbocycles. The maximum atomic E-state index is 12.6. The summed E-state index contributed by atoms with van der Waals surface area (Å²) < 4.78 is 5.40. The number of hydrogen-bond donors (Lipinski definition) is 2. The maximum absolute atomic E-state index is 12.6. The van der Waals surface area contributed by atoms with Gasteiger partial charge in [-0.05, 0) is 56.2 Å². The molecule has 5 nitrogen and oxygen atoms in total. The van der Waals surface area contributed by atoms with E-state index in [9.17, 15) is 9.59 Å². The van der Waals surface area contributed by atoms with E-state index in [1.165, 1.54) is 0 Å². The minimum Gasteiger partial charge on any atom is -0.494 e. The van der Waals surface area contributed by atoms with Crippen LogP contribution in [0.1, 0.15) is 40.5 Å². The van der Waals surface area contributed by atoms with Gasteiger partial charge in [0, 0.05) is 29.6 Å². The molecule has 27 heavy (non-hydrogen) atoms. The van der Waals surface area contributed by atoms with Crippen LogP contribution in [0.2, 0.25) is 0 Å². The van der Waals surface area contributed by atoms with Crippen LogP contribution >= 0.6 is 12.6 Å². The number of amides is 2. The highest BCUT2D eigenvalue weighted by atomic mass is 32.1. The van der Waals surface area contributed by atoms with Gasteiger partial charge >= 0.3 is 0 Å². The normalized spacial score (nSPS) is 14.7. The van der Waals surface area contributed by atoms with Crippen molar-refractivity contribution in [2.45, 2.75) is 30.7 Å². The Hall–Kier alpha value is -2.47. The minimum absolute atomic E-state index is 0.00288. The number of piperidine rings is 1. The number of carbonyl (C=O) groups is 2. The second kappa shape index (κ2) is 8.95. The van der Waals surface area contributed by atoms with Crippen LogP contribution in [0.15, 0.2) is 53.4 Å². The van der Waals surface area contributed by atoms with E-state index < -0.39 is 0 Å². The Morgan fingerprint density at radius 1 is 1.11 bits per heavy atom. The Balaban J connectivity index is 1.52. The summed E-state index contributed by atoms with van der Waals surface area (Å²) in [6.45, 7) is 3.76. The lowest BCUT2D eigenvalue weighted by Gasteiger charge is -2.32. The first kappa shape index (κ1) is 19.3. The monoisotopic (exact) mass is 384 g/mol. The van der Waals surface area contributed by atoms with Gasteiger partial charge in [-0.1, -0.05) is 12.1 Å². The van der Waals surface area contributed by atoms with E-state index in [-0.39, 0.29) is 17.9 Å². The van der Waals surface area contributed by atoms with Crippen molar-refractivity contribution in [1.29, 1.82) is 0 Å². The third-order valence-corrected chi connectivity index (χ3v) is 5.07. The molecule has 1 N–H and O–H groups in total. The summed E-state index contributed by atoms with van der Waals surface area (Å²) in [7, 11) is 0. The molecule has 3 rings (SSSR count). The molecule has 1 fully saturated rings. The molecule has 0 aromatic heterocycles. The number of ether oxygens (including phenoxy) is 1. The Kier molecular flexibility index (Phi) is 6.40. The summed E-state index contributed by atoms with van der Waals surface area (Å²) >= 11 is 4.37. The van der Waals surface area contributed by atoms with E-state index >= 15 is 0 Å². The molecule has 2 amide bonds. The predicted molar refractivity (Wildman–Crippen MR) is 108 cm³/mol. The van der Waals surface area contributed by atoms with Gasteiger partial charge in [-0.2, -0.15) is 0 Å². The fourth-order valence-electron chi connectivity index (χ4n) is 3.19. The Labute approximate surface area is 165 Å². The molecule has 1 saturated heterocycles. The minimum atomic E-state index is -0.0940. The smallest absolute Gasteiger partial charge is 0.254 e. The zero-order valence-electron chi connectivity index (χ0n) is 15.4. The average molecular weight is 385 g/mol. The number of nitrogens with one attached hydrogen (secondary N) is 1. The van der Waals surface area contributed by atoms with Crippen molar-refractivity contribution in [2.24, 2.45) is 0 Å². The van der Waals surface area contributed by atoms with Crippen molar-refractivity contribution < 1.29 is 14.3 Å². The molecule has 6 heteroatoms. The highest BCUT2D eigenvalue weighted by molar-refractivity contribution is 7.80. The fraction of sp³-hybridized carbons (Fsp3) is 0.333. The van der Waals surface area contributed by atoms with Crippen molar-refractivity contribution in [3.8, 4) is 5.75 Å². The highest BCUT2D eigenvalue weighted by Gasteiger charge is 2.25. The molecule has 0 atom stereocenters. The van der Waals surface area contributed by atoms with Gasteiger partial charge in [0.15, 0.2) is 0 Å². The molecular formula is C21H24N2O3S. The van der Waals surface area contributed by atoms with Crippen LogP contribution in [0.4, 0.5) is 0 Å². The van der Waals surface area contributed by atoms with E-state index in [2.05, 4.69) is 17.9 Å². The highest BCUT2D eigenvalue weighted by Crippen LogP contribution is 2.19. The van der Waals surface area contributed by atoms with E-state index in [1.54, 1.807) is 30.3 Å². The fourth-order valence-corrected chi connectivity index (χ4v) is 3.45. The number of hydrogen-bond acceptors (Lipinski definition) is 4. The molecule has 0 bridgehead atoms. The zero-order valence-corrected chi connectivity index (χ0v) is 16.2. The van der Waals surface area contributed by atoms with Crippen LogP contribution in [0.25, 0.3) is 0 Å². The lowest BCUT2D eigenvalue weighted by atomic mass is 10.0. The Morgan fingerprint density at radius 2 is 1.78 bits per heavy atom. The summed E-state index contributed by atoms with van der Waals surface area (Å²) in [5, 5.41) is 3.06. The SMILES string of the molecule is CCOc1ccc(C(=O)NC2CCN(C(=O)c3ccccc3S)CC2)cc1. The van der Waals surface area contributed by atoms with Crippen LogP contribution < -0.4 is 10.1 Å². The first-order chi connectivity index (χ1) is 13.1. The summed E-state index contributed by atoms with van der Waals surface area (Å²) in [5.74, 6) is 0.658. The summed E-state index contributed by atoms with van der Waals surface area (Å²) in [6, 6.07) is 14.5. The van der Waals surface area contributed by atoms with Crippen molar-refractivity contribution >= 4 is 24.4 Å². The van der Waals surface area contributed by atoms with Crippen LogP contribution in [0, 0.1) is 0 Å². The van der Waals surface area contributed by atoms with Gasteiger partial charge in [-0.15, -0.1) is 12.6 Å². The molecule has 2 aromatic rings. The van der Waals surface area contributed by atoms with Crippen LogP contribution in [-0.2, 0) is 0 Å². The standard InChI is InChI=1S/C21H24N2O3S/c1-2-26-17-9-7-15(8-10-17)20(24)22-16-11-13-23(14-12-16)21(25)18-5-3-4-6-19(18)27/h3-10,16,27H,2,11-14H2,1H3,(H,22,24). The van der Waals surface area contributed by atoms with Gasteiger partial charge in [0.05, 0.1) is 12.2 Å². The first-order valence-electron chi connectivity index (χ1n) is 9.19. The Morgan fingerprint density at radius 3 is 2.41 bits per heavy atom. The predicted octanol–water partition coefficient (Wildman–Crippen LogP) is 3.41. The van der Waals surface area contributed by atoms with Crippen LogP contribution in [0.3, 0.4) is 0 Å². The molecule has 0 unspecified atom stereocenters. The summed E-state index contributed by atoms with van der Waals surface area (Å²) in [4.78, 5) is 27.6. The third-order valence-electron chi connectivity index (χ3n) is 4.68. The number of benzene rings is 2. The number of likely N-dealkylation sites (tertiary alicyclic amines) is 1. The number of rotatable bonds is 5. The average Bonchev–Trinajstić information content (AvgIpc) is 2.69. The van der Waals surface area contributed by atoms with E-state index in [0.29, 0.717) is 35.7 Å². The number of thiol groups is 1. The topological polar surface area (TPSA) is 58.6 Å². The molecule has 1 heterocycles. The van der Waals surface area contributed by atoms with Crippen LogP contribution in [-0.4, -0.2) is 42.5 Å². The molecule has 0 spiro atoms. The number of carbonyl (C=O) groups excluding carboxylic acids is 2. The largest absolute Gasteiger partial charge is 0.494 e. The molecule has 1 aliphatic rings. The number of nitrogens with zero attached hydrogens (tertiary/aromatic N) is 1. The molecule has 142 valence electrons. The molecule has 2 aromatic carbocycles. The van der Waals surface area contributed by atoms with E-state index in [1.807, 2.05) is 30.0 Å². The zero-order chi connectivity index (χ0) is 19.2. The van der Waals surface area contributed by atoms with E-state index in [0.717, 1.165) is 18.6 Å². The second-order valence-electron chi connectivity index (χ2n) is 6.51. The van der Waals surface area contributed by atoms with Gasteiger partial charge in [0.2, 0.25) is 0 Å². The molecular weight excluding hydrogens is 360 g/mol. The lowest BCUT2D eigenvalue weighted by molar-refractivity contribution is 0.0695. The van der Waals surface area contributed by atoms with Crippen molar-refractivity contribution in [3.05, 3.63) is 59.7 Å². The summed E-state index contributed by atoms with van der Waals surface area (Å²) in [6.07, 6.45) is 1.48. The van der Waals surface area contributed by atoms with Gasteiger partial charge in [0.25, 0.3) is 11.8 Å². The first-order valence-corrected chi connectivity index (χ1v) is 9.64.